The van der Waals surface area contributed by atoms with Crippen molar-refractivity contribution in [2.24, 2.45) is 5.92 Å². The van der Waals surface area contributed by atoms with Crippen molar-refractivity contribution in [3.05, 3.63) is 48.0 Å². The zero-order valence-corrected chi connectivity index (χ0v) is 20.9. The maximum atomic E-state index is 12.2. The molecule has 0 spiro atoms. The van der Waals surface area contributed by atoms with Crippen molar-refractivity contribution in [1.29, 1.82) is 0 Å². The molecule has 0 aliphatic carbocycles. The number of terminal acetylenes is 1. The minimum absolute atomic E-state index is 0.195. The van der Waals surface area contributed by atoms with Crippen LogP contribution in [0.25, 0.3) is 10.8 Å². The van der Waals surface area contributed by atoms with E-state index >= 15 is 0 Å². The molecule has 0 saturated carbocycles. The van der Waals surface area contributed by atoms with Gasteiger partial charge in [0, 0.05) is 25.6 Å². The highest BCUT2D eigenvalue weighted by Gasteiger charge is 2.27. The number of carbonyl (C=O) groups excluding carboxylic acids is 2. The van der Waals surface area contributed by atoms with Crippen molar-refractivity contribution in [2.45, 2.75) is 32.2 Å². The van der Waals surface area contributed by atoms with E-state index in [2.05, 4.69) is 70.8 Å². The van der Waals surface area contributed by atoms with Crippen molar-refractivity contribution in [3.8, 4) is 12.3 Å². The second kappa shape index (κ2) is 13.4. The maximum absolute atomic E-state index is 12.2. The molecule has 0 bridgehead atoms. The van der Waals surface area contributed by atoms with Crippen molar-refractivity contribution >= 4 is 33.9 Å². The summed E-state index contributed by atoms with van der Waals surface area (Å²) in [5.74, 6) is 1.81. The fraction of sp³-hybridized carbons (Fsp3) is 0.462. The van der Waals surface area contributed by atoms with E-state index < -0.39 is 17.2 Å². The number of nitrogens with one attached hydrogen (secondary N) is 2. The van der Waals surface area contributed by atoms with E-state index in [0.29, 0.717) is 19.5 Å². The summed E-state index contributed by atoms with van der Waals surface area (Å²) < 4.78 is 22.8. The molecule has 2 atom stereocenters. The maximum Gasteiger partial charge on any atom is 0.239 e. The first kappa shape index (κ1) is 26.8. The lowest BCUT2D eigenvalue weighted by atomic mass is 9.93. The average molecular weight is 499 g/mol. The number of carbonyl (C=O) groups is 2. The lowest BCUT2D eigenvalue weighted by Crippen LogP contribution is -2.45. The van der Waals surface area contributed by atoms with Gasteiger partial charge in [-0.15, -0.1) is 12.3 Å². The highest BCUT2D eigenvalue weighted by Crippen LogP contribution is 2.31. The van der Waals surface area contributed by atoms with Gasteiger partial charge < -0.3 is 10.6 Å². The normalized spacial score (nSPS) is 16.5. The van der Waals surface area contributed by atoms with E-state index in [1.165, 1.54) is 20.6 Å². The van der Waals surface area contributed by atoms with E-state index in [1.807, 2.05) is 0 Å². The van der Waals surface area contributed by atoms with E-state index in [9.17, 15) is 18.4 Å². The van der Waals surface area contributed by atoms with Gasteiger partial charge in [0.1, 0.15) is 0 Å². The van der Waals surface area contributed by atoms with Gasteiger partial charge in [-0.25, -0.2) is 4.21 Å². The Hall–Kier alpha value is -2.77. The van der Waals surface area contributed by atoms with Crippen LogP contribution in [-0.4, -0.2) is 69.0 Å². The van der Waals surface area contributed by atoms with Gasteiger partial charge in [-0.2, -0.15) is 4.31 Å². The van der Waals surface area contributed by atoms with Gasteiger partial charge in [-0.05, 0) is 55.1 Å². The molecule has 1 aliphatic heterocycles. The van der Waals surface area contributed by atoms with Gasteiger partial charge >= 0.3 is 0 Å². The number of fused-ring (bicyclic) bond motifs is 1. The van der Waals surface area contributed by atoms with Crippen LogP contribution in [-0.2, 0) is 20.9 Å². The number of benzene rings is 2. The molecule has 188 valence electrons. The summed E-state index contributed by atoms with van der Waals surface area (Å²) in [4.78, 5) is 26.4. The number of nitrogens with zero attached hydrogens (tertiary/aromatic N) is 2. The van der Waals surface area contributed by atoms with Gasteiger partial charge in [-0.3, -0.25) is 19.0 Å². The standard InChI is InChI=1S/C26H34N4O4S/c1-3-4-14-27-25(31)17-28-26(32)19-30(35(33)34)18-21-12-15-29(16-13-21)20(2)23-11-7-9-22-8-5-6-10-24(22)23/h1,5-11,20-21H,4,12-19H2,2H3,(H,27,31)(H,28,32)(H,33,34). The lowest BCUT2D eigenvalue weighted by Gasteiger charge is -2.37. The average Bonchev–Trinajstić information content (AvgIpc) is 2.87. The molecule has 1 heterocycles. The van der Waals surface area contributed by atoms with Crippen molar-refractivity contribution in [3.63, 3.8) is 0 Å². The van der Waals surface area contributed by atoms with Crippen LogP contribution in [0.15, 0.2) is 42.5 Å². The largest absolute Gasteiger partial charge is 0.354 e. The Balaban J connectivity index is 1.48. The number of hydrogen-bond donors (Lipinski definition) is 3. The fourth-order valence-electron chi connectivity index (χ4n) is 4.54. The number of likely N-dealkylation sites (tertiary alicyclic amines) is 1. The van der Waals surface area contributed by atoms with E-state index in [1.54, 1.807) is 0 Å². The van der Waals surface area contributed by atoms with Crippen molar-refractivity contribution < 1.29 is 18.4 Å². The third-order valence-electron chi connectivity index (χ3n) is 6.51. The Morgan fingerprint density at radius 3 is 2.60 bits per heavy atom. The zero-order valence-electron chi connectivity index (χ0n) is 20.1. The molecule has 2 aromatic carbocycles. The van der Waals surface area contributed by atoms with Gasteiger partial charge in [0.05, 0.1) is 13.1 Å². The van der Waals surface area contributed by atoms with Gasteiger partial charge in [-0.1, -0.05) is 42.5 Å². The first-order chi connectivity index (χ1) is 16.9. The second-order valence-electron chi connectivity index (χ2n) is 8.86. The van der Waals surface area contributed by atoms with Crippen LogP contribution in [0.1, 0.15) is 37.8 Å². The fourth-order valence-corrected chi connectivity index (χ4v) is 5.10. The molecule has 3 rings (SSSR count). The molecular formula is C26H34N4O4S. The first-order valence-electron chi connectivity index (χ1n) is 11.9. The third-order valence-corrected chi connectivity index (χ3v) is 7.23. The summed E-state index contributed by atoms with van der Waals surface area (Å²) in [6, 6.07) is 15.1. The molecule has 0 aromatic heterocycles. The number of rotatable bonds is 11. The van der Waals surface area contributed by atoms with Crippen molar-refractivity contribution in [2.75, 3.05) is 39.3 Å². The lowest BCUT2D eigenvalue weighted by molar-refractivity contribution is -0.126. The molecule has 1 saturated heterocycles. The molecule has 35 heavy (non-hydrogen) atoms. The van der Waals surface area contributed by atoms with Gasteiger partial charge in [0.15, 0.2) is 0 Å². The Morgan fingerprint density at radius 2 is 1.89 bits per heavy atom. The van der Waals surface area contributed by atoms with Crippen LogP contribution in [0.3, 0.4) is 0 Å². The molecule has 9 heteroatoms. The summed E-state index contributed by atoms with van der Waals surface area (Å²) in [6.07, 6.45) is 7.30. The Morgan fingerprint density at radius 1 is 1.17 bits per heavy atom. The molecule has 1 aliphatic rings. The zero-order chi connectivity index (χ0) is 25.2. The summed E-state index contributed by atoms with van der Waals surface area (Å²) in [5.41, 5.74) is 1.31. The highest BCUT2D eigenvalue weighted by molar-refractivity contribution is 7.76. The Labute approximate surface area is 209 Å². The summed E-state index contributed by atoms with van der Waals surface area (Å²) in [6.45, 7) is 4.24. The first-order valence-corrected chi connectivity index (χ1v) is 13.0. The molecule has 2 unspecified atom stereocenters. The van der Waals surface area contributed by atoms with E-state index in [0.717, 1.165) is 25.9 Å². The monoisotopic (exact) mass is 498 g/mol. The number of amides is 2. The van der Waals surface area contributed by atoms with Gasteiger partial charge in [0.2, 0.25) is 23.1 Å². The summed E-state index contributed by atoms with van der Waals surface area (Å²) >= 11 is -2.27. The van der Waals surface area contributed by atoms with E-state index in [4.69, 9.17) is 6.42 Å². The predicted molar refractivity (Wildman–Crippen MR) is 138 cm³/mol. The predicted octanol–water partition coefficient (Wildman–Crippen LogP) is 2.31. The van der Waals surface area contributed by atoms with Crippen LogP contribution < -0.4 is 10.6 Å². The number of hydrogen-bond acceptors (Lipinski definition) is 4. The molecule has 3 N–H and O–H groups in total. The second-order valence-corrected chi connectivity index (χ2v) is 9.84. The highest BCUT2D eigenvalue weighted by atomic mass is 32.2. The van der Waals surface area contributed by atoms with Crippen LogP contribution >= 0.6 is 0 Å². The molecular weight excluding hydrogens is 464 g/mol. The molecule has 2 amide bonds. The topological polar surface area (TPSA) is 102 Å². The molecule has 0 radical (unpaired) electrons. The van der Waals surface area contributed by atoms with Crippen LogP contribution in [0.2, 0.25) is 0 Å². The summed E-state index contributed by atoms with van der Waals surface area (Å²) in [5, 5.41) is 7.58. The Bertz CT molecular complexity index is 1070. The van der Waals surface area contributed by atoms with E-state index in [-0.39, 0.29) is 31.0 Å². The minimum Gasteiger partial charge on any atom is -0.354 e. The third kappa shape index (κ3) is 7.87. The van der Waals surface area contributed by atoms with Crippen LogP contribution in [0.5, 0.6) is 0 Å². The smallest absolute Gasteiger partial charge is 0.239 e. The minimum atomic E-state index is -2.27. The molecule has 8 nitrogen and oxygen atoms in total. The van der Waals surface area contributed by atoms with Crippen molar-refractivity contribution in [1.82, 2.24) is 19.8 Å². The SMILES string of the molecule is C#CCCNC(=O)CNC(=O)CN(CC1CCN(C(C)c2cccc3ccccc23)CC1)S(=O)O. The van der Waals surface area contributed by atoms with Gasteiger partial charge in [0.25, 0.3) is 0 Å². The van der Waals surface area contributed by atoms with Crippen LogP contribution in [0, 0.1) is 18.3 Å². The number of piperidine rings is 1. The summed E-state index contributed by atoms with van der Waals surface area (Å²) in [7, 11) is 0. The molecule has 2 aromatic rings. The van der Waals surface area contributed by atoms with Crippen LogP contribution in [0.4, 0.5) is 0 Å². The quantitative estimate of drug-likeness (QED) is 0.251. The Kier molecular flexibility index (Phi) is 10.2. The molecule has 1 fully saturated rings.